The zero-order chi connectivity index (χ0) is 15.4. The lowest BCUT2D eigenvalue weighted by Crippen LogP contribution is -2.19. The minimum absolute atomic E-state index is 0.0365. The molecular formula is C14H13N3O4. The van der Waals surface area contributed by atoms with E-state index in [-0.39, 0.29) is 5.56 Å². The number of benzene rings is 1. The van der Waals surface area contributed by atoms with E-state index >= 15 is 0 Å². The van der Waals surface area contributed by atoms with Crippen LogP contribution in [0, 0.1) is 0 Å². The predicted molar refractivity (Wildman–Crippen MR) is 75.4 cm³/mol. The first-order chi connectivity index (χ1) is 9.99. The number of aromatic nitrogens is 1. The molecule has 21 heavy (non-hydrogen) atoms. The van der Waals surface area contributed by atoms with Crippen molar-refractivity contribution in [2.75, 3.05) is 0 Å². The van der Waals surface area contributed by atoms with Gasteiger partial charge < -0.3 is 15.3 Å². The minimum atomic E-state index is -0.679. The van der Waals surface area contributed by atoms with E-state index in [9.17, 15) is 20.1 Å². The first kappa shape index (κ1) is 14.3. The number of hydrogen-bond acceptors (Lipinski definition) is 6. The number of phenolic OH excluding ortho intramolecular Hbond substituents is 3. The molecule has 4 N–H and O–H groups in total. The zero-order valence-electron chi connectivity index (χ0n) is 11.1. The van der Waals surface area contributed by atoms with E-state index < -0.39 is 23.2 Å². The maximum Gasteiger partial charge on any atom is 0.271 e. The zero-order valence-corrected chi connectivity index (χ0v) is 11.1. The summed E-state index contributed by atoms with van der Waals surface area (Å²) in [5, 5.41) is 31.8. The number of pyridine rings is 1. The van der Waals surface area contributed by atoms with Crippen LogP contribution in [0.2, 0.25) is 0 Å². The van der Waals surface area contributed by atoms with Gasteiger partial charge in [-0.25, -0.2) is 5.43 Å². The standard InChI is InChI=1S/C14H13N3O4/c1-8(9-3-2-4-15-7-9)16-17-14(21)10-5-11(18)13(20)12(19)6-10/h2-7,18-20H,1H3,(H,17,21). The molecule has 0 fully saturated rings. The quantitative estimate of drug-likeness (QED) is 0.386. The van der Waals surface area contributed by atoms with Crippen LogP contribution in [0.4, 0.5) is 0 Å². The summed E-state index contributed by atoms with van der Waals surface area (Å²) in [4.78, 5) is 15.8. The molecule has 2 aromatic rings. The lowest BCUT2D eigenvalue weighted by atomic mass is 10.2. The van der Waals surface area contributed by atoms with Gasteiger partial charge in [0.25, 0.3) is 5.91 Å². The summed E-state index contributed by atoms with van der Waals surface area (Å²) in [6.45, 7) is 1.70. The average molecular weight is 287 g/mol. The molecule has 1 amide bonds. The summed E-state index contributed by atoms with van der Waals surface area (Å²) in [5.41, 5.74) is 3.54. The number of nitrogens with zero attached hydrogens (tertiary/aromatic N) is 2. The van der Waals surface area contributed by atoms with Crippen LogP contribution in [-0.4, -0.2) is 31.9 Å². The first-order valence-corrected chi connectivity index (χ1v) is 5.99. The molecular weight excluding hydrogens is 274 g/mol. The number of aromatic hydroxyl groups is 3. The highest BCUT2D eigenvalue weighted by atomic mass is 16.3. The number of hydrazone groups is 1. The highest BCUT2D eigenvalue weighted by Crippen LogP contribution is 2.35. The molecule has 7 nitrogen and oxygen atoms in total. The second-order valence-electron chi connectivity index (χ2n) is 4.24. The van der Waals surface area contributed by atoms with E-state index in [4.69, 9.17) is 0 Å². The van der Waals surface area contributed by atoms with Gasteiger partial charge in [-0.1, -0.05) is 6.07 Å². The molecule has 1 heterocycles. The number of rotatable bonds is 3. The molecule has 0 unspecified atom stereocenters. The second-order valence-corrected chi connectivity index (χ2v) is 4.24. The molecule has 0 saturated carbocycles. The Bertz CT molecular complexity index is 676. The van der Waals surface area contributed by atoms with Crippen molar-refractivity contribution < 1.29 is 20.1 Å². The number of phenols is 3. The summed E-state index contributed by atoms with van der Waals surface area (Å²) in [6, 6.07) is 5.58. The van der Waals surface area contributed by atoms with Crippen LogP contribution >= 0.6 is 0 Å². The van der Waals surface area contributed by atoms with Crippen LogP contribution in [0.3, 0.4) is 0 Å². The summed E-state index contributed by atoms with van der Waals surface area (Å²) < 4.78 is 0. The lowest BCUT2D eigenvalue weighted by Gasteiger charge is -2.05. The van der Waals surface area contributed by atoms with E-state index in [1.165, 1.54) is 0 Å². The van der Waals surface area contributed by atoms with Gasteiger partial charge >= 0.3 is 0 Å². The van der Waals surface area contributed by atoms with Gasteiger partial charge in [-0.3, -0.25) is 9.78 Å². The van der Waals surface area contributed by atoms with Gasteiger partial charge in [-0.05, 0) is 25.1 Å². The number of hydrogen-bond donors (Lipinski definition) is 4. The predicted octanol–water partition coefficient (Wildman–Crippen LogP) is 1.35. The van der Waals surface area contributed by atoms with Crippen molar-refractivity contribution in [3.63, 3.8) is 0 Å². The van der Waals surface area contributed by atoms with Gasteiger partial charge in [0.2, 0.25) is 0 Å². The number of carbonyl (C=O) groups is 1. The van der Waals surface area contributed by atoms with Crippen LogP contribution in [0.15, 0.2) is 41.8 Å². The van der Waals surface area contributed by atoms with Crippen molar-refractivity contribution in [1.82, 2.24) is 10.4 Å². The normalized spacial score (nSPS) is 11.2. The molecule has 2 rings (SSSR count). The molecule has 0 aliphatic heterocycles. The van der Waals surface area contributed by atoms with Gasteiger partial charge in [0.1, 0.15) is 0 Å². The number of carbonyl (C=O) groups excluding carboxylic acids is 1. The summed E-state index contributed by atoms with van der Waals surface area (Å²) >= 11 is 0. The molecule has 0 spiro atoms. The third-order valence-electron chi connectivity index (χ3n) is 2.74. The summed E-state index contributed by atoms with van der Waals surface area (Å²) in [5.74, 6) is -2.49. The van der Waals surface area contributed by atoms with E-state index in [2.05, 4.69) is 15.5 Å². The Morgan fingerprint density at radius 3 is 2.43 bits per heavy atom. The van der Waals surface area contributed by atoms with Crippen molar-refractivity contribution in [2.24, 2.45) is 5.10 Å². The van der Waals surface area contributed by atoms with Crippen LogP contribution in [0.5, 0.6) is 17.2 Å². The third-order valence-corrected chi connectivity index (χ3v) is 2.74. The first-order valence-electron chi connectivity index (χ1n) is 5.99. The Labute approximate surface area is 120 Å². The highest BCUT2D eigenvalue weighted by Gasteiger charge is 2.13. The third kappa shape index (κ3) is 3.27. The van der Waals surface area contributed by atoms with E-state index in [0.717, 1.165) is 17.7 Å². The Balaban J connectivity index is 2.15. The Morgan fingerprint density at radius 1 is 1.19 bits per heavy atom. The fourth-order valence-electron chi connectivity index (χ4n) is 1.58. The fraction of sp³-hybridized carbons (Fsp3) is 0.0714. The van der Waals surface area contributed by atoms with Crippen LogP contribution < -0.4 is 5.43 Å². The SMILES string of the molecule is CC(=NNC(=O)c1cc(O)c(O)c(O)c1)c1cccnc1. The molecule has 0 aliphatic carbocycles. The van der Waals surface area contributed by atoms with Crippen molar-refractivity contribution in [2.45, 2.75) is 6.92 Å². The highest BCUT2D eigenvalue weighted by molar-refractivity contribution is 6.00. The molecule has 0 bridgehead atoms. The number of amides is 1. The average Bonchev–Trinajstić information content (AvgIpc) is 2.50. The molecule has 0 saturated heterocycles. The molecule has 0 aliphatic rings. The molecule has 7 heteroatoms. The summed E-state index contributed by atoms with van der Waals surface area (Å²) in [7, 11) is 0. The van der Waals surface area contributed by atoms with Crippen molar-refractivity contribution in [3.05, 3.63) is 47.8 Å². The topological polar surface area (TPSA) is 115 Å². The van der Waals surface area contributed by atoms with Gasteiger partial charge in [-0.15, -0.1) is 0 Å². The Hall–Kier alpha value is -3.09. The van der Waals surface area contributed by atoms with Crippen molar-refractivity contribution >= 4 is 11.6 Å². The molecule has 1 aromatic heterocycles. The number of nitrogens with one attached hydrogen (secondary N) is 1. The van der Waals surface area contributed by atoms with Crippen LogP contribution in [0.25, 0.3) is 0 Å². The summed E-state index contributed by atoms with van der Waals surface area (Å²) in [6.07, 6.45) is 3.22. The molecule has 0 radical (unpaired) electrons. The molecule has 0 atom stereocenters. The van der Waals surface area contributed by atoms with Gasteiger partial charge in [-0.2, -0.15) is 5.10 Å². The Kier molecular flexibility index (Phi) is 4.03. The Morgan fingerprint density at radius 2 is 1.86 bits per heavy atom. The van der Waals surface area contributed by atoms with Crippen molar-refractivity contribution in [1.29, 1.82) is 0 Å². The smallest absolute Gasteiger partial charge is 0.271 e. The van der Waals surface area contributed by atoms with Gasteiger partial charge in [0, 0.05) is 23.5 Å². The van der Waals surface area contributed by atoms with Crippen LogP contribution in [0.1, 0.15) is 22.8 Å². The minimum Gasteiger partial charge on any atom is -0.504 e. The second kappa shape index (κ2) is 5.91. The lowest BCUT2D eigenvalue weighted by molar-refractivity contribution is 0.0954. The monoisotopic (exact) mass is 287 g/mol. The van der Waals surface area contributed by atoms with Crippen molar-refractivity contribution in [3.8, 4) is 17.2 Å². The maximum absolute atomic E-state index is 11.9. The van der Waals surface area contributed by atoms with Gasteiger partial charge in [0.15, 0.2) is 17.2 Å². The van der Waals surface area contributed by atoms with Gasteiger partial charge in [0.05, 0.1) is 5.71 Å². The molecule has 108 valence electrons. The van der Waals surface area contributed by atoms with E-state index in [1.54, 1.807) is 31.5 Å². The van der Waals surface area contributed by atoms with Crippen LogP contribution in [-0.2, 0) is 0 Å². The van der Waals surface area contributed by atoms with E-state index in [1.807, 2.05) is 0 Å². The van der Waals surface area contributed by atoms with E-state index in [0.29, 0.717) is 5.71 Å². The molecule has 1 aromatic carbocycles. The maximum atomic E-state index is 11.9. The largest absolute Gasteiger partial charge is 0.504 e. The fourth-order valence-corrected chi connectivity index (χ4v) is 1.58.